The summed E-state index contributed by atoms with van der Waals surface area (Å²) in [6.07, 6.45) is 4.29. The quantitative estimate of drug-likeness (QED) is 0.321. The molecular weight excluding hydrogens is 480 g/mol. The first-order chi connectivity index (χ1) is 16.1. The number of hydrogen-bond acceptors (Lipinski definition) is 1. The van der Waals surface area contributed by atoms with E-state index in [9.17, 15) is 0 Å². The fourth-order valence-corrected chi connectivity index (χ4v) is 4.61. The Bertz CT molecular complexity index is 1030. The van der Waals surface area contributed by atoms with E-state index in [-0.39, 0.29) is 0 Å². The first-order valence-corrected chi connectivity index (χ1v) is 13.4. The van der Waals surface area contributed by atoms with Crippen LogP contribution in [0.4, 0.5) is 0 Å². The van der Waals surface area contributed by atoms with Crippen LogP contribution >= 0.6 is 0 Å². The average Bonchev–Trinajstić information content (AvgIpc) is 3.11. The van der Waals surface area contributed by atoms with Gasteiger partial charge in [0.2, 0.25) is 0 Å². The molecule has 3 rings (SSSR count). The van der Waals surface area contributed by atoms with E-state index in [1.165, 1.54) is 33.6 Å². The monoisotopic (exact) mass is 525 g/mol. The molecule has 0 aliphatic carbocycles. The molecule has 0 aliphatic heterocycles. The van der Waals surface area contributed by atoms with Crippen molar-refractivity contribution in [3.8, 4) is 11.4 Å². The van der Waals surface area contributed by atoms with Gasteiger partial charge in [-0.3, -0.25) is 0 Å². The van der Waals surface area contributed by atoms with Gasteiger partial charge in [0.15, 0.2) is 0 Å². The van der Waals surface area contributed by atoms with Crippen molar-refractivity contribution in [3.05, 3.63) is 75.4 Å². The maximum atomic E-state index is 8.52. The molecule has 0 saturated heterocycles. The summed E-state index contributed by atoms with van der Waals surface area (Å²) in [5.74, 6) is 1.71. The number of imidazole rings is 1. The number of benzene rings is 2. The van der Waals surface area contributed by atoms with Gasteiger partial charge in [0.1, 0.15) is 0 Å². The summed E-state index contributed by atoms with van der Waals surface area (Å²) in [6.45, 7) is 23.3. The summed E-state index contributed by atoms with van der Waals surface area (Å²) in [5, 5.41) is 8.52. The van der Waals surface area contributed by atoms with Crippen LogP contribution in [0, 0.1) is 4.32 Å². The first kappa shape index (κ1) is 29.4. The molecule has 2 aromatic carbocycles. The van der Waals surface area contributed by atoms with E-state index in [0.717, 1.165) is 4.32 Å². The summed E-state index contributed by atoms with van der Waals surface area (Å²) >= 11 is 6.29. The summed E-state index contributed by atoms with van der Waals surface area (Å²) in [6, 6.07) is 13.3. The van der Waals surface area contributed by atoms with Crippen LogP contribution < -0.4 is 0 Å². The Morgan fingerprint density at radius 2 is 0.829 bits per heavy atom. The third kappa shape index (κ3) is 7.32. The second-order valence-electron chi connectivity index (χ2n) is 11.6. The van der Waals surface area contributed by atoms with Gasteiger partial charge in [0, 0.05) is 0 Å². The van der Waals surface area contributed by atoms with Gasteiger partial charge in [-0.15, -0.1) is 0 Å². The second-order valence-corrected chi connectivity index (χ2v) is 12.1. The van der Waals surface area contributed by atoms with Crippen molar-refractivity contribution in [1.29, 1.82) is 0 Å². The van der Waals surface area contributed by atoms with Gasteiger partial charge in [0.05, 0.1) is 5.60 Å². The Labute approximate surface area is 221 Å². The van der Waals surface area contributed by atoms with Crippen LogP contribution in [0.5, 0.6) is 0 Å². The standard InChI is InChI=1S/C27H36N2.C4H10O.Cu/c1-18(2)22-11-9-12-23(19(3)4)26(22)28-15-16-29(17-28)27-24(20(5)6)13-10-14-25(27)21(7)8;1-4(2,3)5;/h9-16,18-21H,1-8H3;5H,1-3H3;. The molecule has 1 N–H and O–H groups in total. The average molecular weight is 526 g/mol. The van der Waals surface area contributed by atoms with Crippen molar-refractivity contribution in [2.75, 3.05) is 0 Å². The normalized spacial score (nSPS) is 12.1. The predicted octanol–water partition coefficient (Wildman–Crippen LogP) is 8.62. The molecule has 0 fully saturated rings. The molecule has 3 nitrogen and oxygen atoms in total. The Hall–Kier alpha value is -1.87. The number of rotatable bonds is 6. The van der Waals surface area contributed by atoms with Crippen molar-refractivity contribution >= 4 is 0 Å². The minimum atomic E-state index is -0.500. The number of hydrogen-bond donors (Lipinski definition) is 1. The van der Waals surface area contributed by atoms with E-state index < -0.39 is 5.60 Å². The number of aromatic nitrogens is 2. The summed E-state index contributed by atoms with van der Waals surface area (Å²) < 4.78 is 5.24. The van der Waals surface area contributed by atoms with Crippen LogP contribution in [0.1, 0.15) is 122 Å². The fourth-order valence-electron chi connectivity index (χ4n) is 4.26. The molecule has 0 aliphatic rings. The van der Waals surface area contributed by atoms with Gasteiger partial charge in [-0.1, -0.05) is 0 Å². The molecule has 0 bridgehead atoms. The zero-order valence-electron chi connectivity index (χ0n) is 23.6. The molecule has 0 atom stereocenters. The van der Waals surface area contributed by atoms with Crippen LogP contribution in [0.3, 0.4) is 0 Å². The molecule has 3 aromatic rings. The third-order valence-electron chi connectivity index (χ3n) is 5.89. The van der Waals surface area contributed by atoms with Gasteiger partial charge in [-0.2, -0.15) is 0 Å². The summed E-state index contributed by atoms with van der Waals surface area (Å²) in [4.78, 5) is 0. The van der Waals surface area contributed by atoms with Crippen LogP contribution in [-0.4, -0.2) is 19.8 Å². The number of aliphatic hydroxyl groups is 1. The Morgan fingerprint density at radius 3 is 1.03 bits per heavy atom. The van der Waals surface area contributed by atoms with Gasteiger partial charge >= 0.3 is 191 Å². The predicted molar refractivity (Wildman–Crippen MR) is 147 cm³/mol. The molecule has 197 valence electrons. The van der Waals surface area contributed by atoms with E-state index >= 15 is 0 Å². The number of nitrogens with zero attached hydrogens (tertiary/aromatic N) is 2. The summed E-state index contributed by atoms with van der Waals surface area (Å²) in [5.41, 5.74) is 7.35. The van der Waals surface area contributed by atoms with Crippen molar-refractivity contribution in [1.82, 2.24) is 9.13 Å². The number of para-hydroxylation sites is 2. The van der Waals surface area contributed by atoms with E-state index in [1.807, 2.05) is 0 Å². The van der Waals surface area contributed by atoms with Crippen molar-refractivity contribution < 1.29 is 20.7 Å². The maximum absolute atomic E-state index is 8.52. The molecule has 0 spiro atoms. The SMILES string of the molecule is CC(C)(C)O.CC(C)c1cccc(C(C)C)c1-n1ccn(-c2c(C(C)C)cccc2C(C)C)[c]1=[Cu]. The van der Waals surface area contributed by atoms with Gasteiger partial charge < -0.3 is 5.11 Å². The van der Waals surface area contributed by atoms with Crippen molar-refractivity contribution in [3.63, 3.8) is 0 Å². The van der Waals surface area contributed by atoms with Crippen LogP contribution in [0.25, 0.3) is 11.4 Å². The third-order valence-corrected chi connectivity index (χ3v) is 6.35. The van der Waals surface area contributed by atoms with Crippen LogP contribution in [0.2, 0.25) is 0 Å². The Balaban J connectivity index is 0.000000784. The van der Waals surface area contributed by atoms with E-state index in [0.29, 0.717) is 23.7 Å². The van der Waals surface area contributed by atoms with Crippen LogP contribution in [-0.2, 0) is 15.6 Å². The molecule has 0 amide bonds. The Kier molecular flexibility index (Phi) is 9.99. The van der Waals surface area contributed by atoms with Crippen molar-refractivity contribution in [2.45, 2.75) is 105 Å². The first-order valence-electron chi connectivity index (χ1n) is 12.9. The van der Waals surface area contributed by atoms with E-state index in [2.05, 4.69) is 113 Å². The molecule has 1 heterocycles. The topological polar surface area (TPSA) is 30.1 Å². The van der Waals surface area contributed by atoms with Gasteiger partial charge in [-0.25, -0.2) is 0 Å². The zero-order chi connectivity index (χ0) is 26.7. The molecule has 0 saturated carbocycles. The molecule has 0 unspecified atom stereocenters. The van der Waals surface area contributed by atoms with Gasteiger partial charge in [0.25, 0.3) is 0 Å². The minimum absolute atomic E-state index is 0.427. The Morgan fingerprint density at radius 1 is 0.600 bits per heavy atom. The van der Waals surface area contributed by atoms with Crippen molar-refractivity contribution in [2.24, 2.45) is 0 Å². The van der Waals surface area contributed by atoms with E-state index in [1.54, 1.807) is 20.8 Å². The molecule has 0 radical (unpaired) electrons. The second kappa shape index (κ2) is 11.9. The van der Waals surface area contributed by atoms with Gasteiger partial charge in [-0.05, 0) is 20.8 Å². The summed E-state index contributed by atoms with van der Waals surface area (Å²) in [7, 11) is 0. The fraction of sp³-hybridized carbons (Fsp3) is 0.516. The molecule has 35 heavy (non-hydrogen) atoms. The van der Waals surface area contributed by atoms with E-state index in [4.69, 9.17) is 20.7 Å². The molecule has 1 aromatic heterocycles. The zero-order valence-corrected chi connectivity index (χ0v) is 24.5. The molecular formula is C31H46CuN2O. The van der Waals surface area contributed by atoms with Crippen LogP contribution in [0.15, 0.2) is 48.8 Å². The molecule has 4 heteroatoms.